The summed E-state index contributed by atoms with van der Waals surface area (Å²) in [5.74, 6) is 1.98. The van der Waals surface area contributed by atoms with Crippen molar-refractivity contribution in [2.24, 2.45) is 4.99 Å². The Morgan fingerprint density at radius 2 is 2.00 bits per heavy atom. The third-order valence-electron chi connectivity index (χ3n) is 5.54. The molecule has 4 rings (SSSR count). The first-order valence-corrected chi connectivity index (χ1v) is 10.8. The number of aromatic nitrogens is 2. The van der Waals surface area contributed by atoms with E-state index in [2.05, 4.69) is 74.2 Å². The number of imidazole rings is 1. The number of fused-ring (bicyclic) bond motifs is 1. The number of aliphatic imine (C=N–C) groups is 1. The van der Waals surface area contributed by atoms with E-state index in [0.717, 1.165) is 49.0 Å². The van der Waals surface area contributed by atoms with Gasteiger partial charge in [-0.05, 0) is 37.6 Å². The van der Waals surface area contributed by atoms with Gasteiger partial charge in [0.25, 0.3) is 0 Å². The van der Waals surface area contributed by atoms with Crippen molar-refractivity contribution in [1.29, 1.82) is 0 Å². The molecular weight excluding hydrogens is 366 g/mol. The Balaban J connectivity index is 1.44. The highest BCUT2D eigenvalue weighted by Gasteiger charge is 2.23. The van der Waals surface area contributed by atoms with Crippen molar-refractivity contribution in [3.05, 3.63) is 66.4 Å². The maximum atomic E-state index is 4.40. The first-order valence-electron chi connectivity index (χ1n) is 9.76. The molecule has 0 aliphatic carbocycles. The van der Waals surface area contributed by atoms with Crippen LogP contribution in [0.2, 0.25) is 0 Å². The smallest absolute Gasteiger partial charge is 0.110 e. The summed E-state index contributed by atoms with van der Waals surface area (Å²) < 4.78 is 2.17. The molecule has 146 valence electrons. The number of anilines is 1. The lowest BCUT2D eigenvalue weighted by Crippen LogP contribution is -2.50. The minimum absolute atomic E-state index is 0.354. The molecule has 4 heterocycles. The number of nitrogens with zero attached hydrogens (tertiary/aromatic N) is 5. The fourth-order valence-corrected chi connectivity index (χ4v) is 4.30. The summed E-state index contributed by atoms with van der Waals surface area (Å²) in [5, 5.41) is 0. The first kappa shape index (κ1) is 19.0. The van der Waals surface area contributed by atoms with Gasteiger partial charge in [0.2, 0.25) is 0 Å². The van der Waals surface area contributed by atoms with Gasteiger partial charge < -0.3 is 9.30 Å². The molecule has 0 radical (unpaired) electrons. The van der Waals surface area contributed by atoms with E-state index in [1.165, 1.54) is 11.3 Å². The molecule has 0 saturated carbocycles. The number of aryl methyl sites for hydroxylation is 1. The Kier molecular flexibility index (Phi) is 5.69. The van der Waals surface area contributed by atoms with Gasteiger partial charge in [-0.2, -0.15) is 0 Å². The van der Waals surface area contributed by atoms with E-state index in [1.807, 2.05) is 18.7 Å². The predicted molar refractivity (Wildman–Crippen MR) is 120 cm³/mol. The number of hydrogen-bond acceptors (Lipinski definition) is 5. The van der Waals surface area contributed by atoms with E-state index in [-0.39, 0.29) is 0 Å². The van der Waals surface area contributed by atoms with E-state index in [0.29, 0.717) is 6.04 Å². The Bertz CT molecular complexity index is 947. The molecule has 2 aliphatic rings. The van der Waals surface area contributed by atoms with E-state index in [1.54, 1.807) is 11.8 Å². The van der Waals surface area contributed by atoms with Crippen molar-refractivity contribution in [2.45, 2.75) is 19.9 Å². The molecule has 28 heavy (non-hydrogen) atoms. The standard InChI is InChI=1S/C22H27N5S/c1-17-13-20(5-4-12-28-16-24-17)18(2)25-8-10-26(11-9-25)22-7-6-21-14-23-19(3)27(21)15-22/h4-7,13-16,18H,1,8-12H2,2-3H3/b5-4-,20-13+,24-16-. The van der Waals surface area contributed by atoms with Crippen LogP contribution in [0.4, 0.5) is 5.69 Å². The lowest BCUT2D eigenvalue weighted by molar-refractivity contribution is 0.222. The summed E-state index contributed by atoms with van der Waals surface area (Å²) in [6.07, 6.45) is 10.7. The number of piperazine rings is 1. The fraction of sp³-hybridized carbons (Fsp3) is 0.364. The molecule has 1 fully saturated rings. The average molecular weight is 394 g/mol. The van der Waals surface area contributed by atoms with Crippen molar-refractivity contribution in [1.82, 2.24) is 14.3 Å². The highest BCUT2D eigenvalue weighted by molar-refractivity contribution is 8.12. The Morgan fingerprint density at radius 3 is 2.82 bits per heavy atom. The third-order valence-corrected chi connectivity index (χ3v) is 6.17. The van der Waals surface area contributed by atoms with Crippen LogP contribution in [-0.2, 0) is 0 Å². The minimum atomic E-state index is 0.354. The van der Waals surface area contributed by atoms with Crippen LogP contribution in [0.5, 0.6) is 0 Å². The summed E-state index contributed by atoms with van der Waals surface area (Å²) in [4.78, 5) is 13.8. The molecule has 1 unspecified atom stereocenters. The zero-order valence-electron chi connectivity index (χ0n) is 16.6. The van der Waals surface area contributed by atoms with Gasteiger partial charge in [0.15, 0.2) is 0 Å². The third kappa shape index (κ3) is 4.08. The molecule has 0 N–H and O–H groups in total. The molecule has 1 atom stereocenters. The predicted octanol–water partition coefficient (Wildman–Crippen LogP) is 3.92. The molecule has 2 aromatic rings. The molecule has 5 nitrogen and oxygen atoms in total. The number of rotatable bonds is 3. The summed E-state index contributed by atoms with van der Waals surface area (Å²) in [7, 11) is 0. The van der Waals surface area contributed by atoms with Crippen LogP contribution in [-0.4, -0.2) is 57.8 Å². The van der Waals surface area contributed by atoms with Gasteiger partial charge in [-0.15, -0.1) is 11.8 Å². The zero-order valence-corrected chi connectivity index (χ0v) is 17.4. The van der Waals surface area contributed by atoms with Crippen LogP contribution in [0.3, 0.4) is 0 Å². The van der Waals surface area contributed by atoms with Gasteiger partial charge in [0.1, 0.15) is 5.82 Å². The van der Waals surface area contributed by atoms with Gasteiger partial charge in [-0.3, -0.25) is 9.89 Å². The normalized spacial score (nSPS) is 24.1. The Morgan fingerprint density at radius 1 is 1.18 bits per heavy atom. The molecule has 6 heteroatoms. The van der Waals surface area contributed by atoms with Gasteiger partial charge in [-0.25, -0.2) is 4.98 Å². The average Bonchev–Trinajstić information content (AvgIpc) is 3.13. The molecule has 0 amide bonds. The van der Waals surface area contributed by atoms with E-state index in [9.17, 15) is 0 Å². The molecule has 1 saturated heterocycles. The lowest BCUT2D eigenvalue weighted by atomic mass is 10.0. The van der Waals surface area contributed by atoms with E-state index < -0.39 is 0 Å². The molecule has 2 aliphatic heterocycles. The molecular formula is C22H27N5S. The van der Waals surface area contributed by atoms with Crippen molar-refractivity contribution in [3.8, 4) is 0 Å². The number of pyridine rings is 1. The topological polar surface area (TPSA) is 36.1 Å². The number of thioether (sulfide) groups is 1. The Labute approximate surface area is 171 Å². The quantitative estimate of drug-likeness (QED) is 0.792. The maximum absolute atomic E-state index is 4.40. The van der Waals surface area contributed by atoms with Crippen molar-refractivity contribution in [3.63, 3.8) is 0 Å². The highest BCUT2D eigenvalue weighted by Crippen LogP contribution is 2.22. The van der Waals surface area contributed by atoms with Crippen LogP contribution in [0.15, 0.2) is 65.6 Å². The van der Waals surface area contributed by atoms with Gasteiger partial charge in [-0.1, -0.05) is 18.7 Å². The van der Waals surface area contributed by atoms with Crippen LogP contribution in [0.1, 0.15) is 12.7 Å². The maximum Gasteiger partial charge on any atom is 0.110 e. The minimum Gasteiger partial charge on any atom is -0.368 e. The van der Waals surface area contributed by atoms with E-state index >= 15 is 0 Å². The van der Waals surface area contributed by atoms with Crippen LogP contribution >= 0.6 is 11.8 Å². The second-order valence-electron chi connectivity index (χ2n) is 7.29. The molecule has 2 aromatic heterocycles. The largest absolute Gasteiger partial charge is 0.368 e. The van der Waals surface area contributed by atoms with Crippen LogP contribution in [0.25, 0.3) is 5.52 Å². The molecule has 0 bridgehead atoms. The fourth-order valence-electron chi connectivity index (χ4n) is 3.80. The lowest BCUT2D eigenvalue weighted by Gasteiger charge is -2.39. The molecule has 0 aromatic carbocycles. The zero-order chi connectivity index (χ0) is 19.5. The van der Waals surface area contributed by atoms with Crippen LogP contribution < -0.4 is 4.90 Å². The van der Waals surface area contributed by atoms with Crippen molar-refractivity contribution < 1.29 is 0 Å². The van der Waals surface area contributed by atoms with Crippen molar-refractivity contribution >= 4 is 28.5 Å². The van der Waals surface area contributed by atoms with Gasteiger partial charge in [0, 0.05) is 44.2 Å². The summed E-state index contributed by atoms with van der Waals surface area (Å²) in [6, 6.07) is 4.71. The van der Waals surface area contributed by atoms with Crippen LogP contribution in [0, 0.1) is 6.92 Å². The number of hydrogen-bond donors (Lipinski definition) is 0. The van der Waals surface area contributed by atoms with Gasteiger partial charge in [0.05, 0.1) is 28.6 Å². The van der Waals surface area contributed by atoms with Crippen molar-refractivity contribution in [2.75, 3.05) is 36.8 Å². The SMILES string of the molecule is C=C1/C=C(C(C)N2CCN(c3ccc4cnc(C)n4c3)CC2)\C=C/CS/C=N\1. The first-order chi connectivity index (χ1) is 13.6. The summed E-state index contributed by atoms with van der Waals surface area (Å²) in [6.45, 7) is 12.5. The van der Waals surface area contributed by atoms with Gasteiger partial charge >= 0.3 is 0 Å². The second-order valence-corrected chi connectivity index (χ2v) is 8.17. The Hall–Kier alpha value is -2.31. The number of allylic oxidation sites excluding steroid dienone is 1. The highest BCUT2D eigenvalue weighted by atomic mass is 32.2. The second kappa shape index (κ2) is 8.37. The van der Waals surface area contributed by atoms with E-state index in [4.69, 9.17) is 0 Å². The summed E-state index contributed by atoms with van der Waals surface area (Å²) >= 11 is 1.70. The summed E-state index contributed by atoms with van der Waals surface area (Å²) in [5.41, 5.74) is 6.40. The molecule has 0 spiro atoms. The monoisotopic (exact) mass is 393 g/mol.